The molecule has 1 fully saturated rings. The van der Waals surface area contributed by atoms with Gasteiger partial charge in [0.1, 0.15) is 23.1 Å². The SMILES string of the molecule is COc1nc(C)nc(NC(=O)NS(=O)(=O)c2ccccc2OCC2(C)OC(C)C(C)O2)n1. The fraction of sp³-hybridized carbons (Fsp3) is 0.474. The van der Waals surface area contributed by atoms with Crippen LogP contribution >= 0.6 is 0 Å². The average molecular weight is 468 g/mol. The number of carbonyl (C=O) groups is 1. The molecule has 0 saturated carbocycles. The maximum atomic E-state index is 12.8. The third-order valence-electron chi connectivity index (χ3n) is 4.52. The van der Waals surface area contributed by atoms with Gasteiger partial charge in [-0.25, -0.2) is 17.9 Å². The van der Waals surface area contributed by atoms with Crippen LogP contribution in [0.1, 0.15) is 26.6 Å². The van der Waals surface area contributed by atoms with Crippen LogP contribution in [0.5, 0.6) is 11.8 Å². The van der Waals surface area contributed by atoms with E-state index in [0.717, 1.165) is 0 Å². The monoisotopic (exact) mass is 467 g/mol. The summed E-state index contributed by atoms with van der Waals surface area (Å²) in [6.45, 7) is 6.98. The van der Waals surface area contributed by atoms with Gasteiger partial charge in [-0.3, -0.25) is 5.32 Å². The first-order valence-corrected chi connectivity index (χ1v) is 11.2. The molecule has 0 spiro atoms. The molecule has 0 radical (unpaired) electrons. The number of urea groups is 1. The first kappa shape index (κ1) is 23.6. The second kappa shape index (κ2) is 9.22. The van der Waals surface area contributed by atoms with E-state index < -0.39 is 21.8 Å². The minimum atomic E-state index is -4.29. The second-order valence-electron chi connectivity index (χ2n) is 7.27. The van der Waals surface area contributed by atoms with Gasteiger partial charge in [-0.1, -0.05) is 12.1 Å². The number of nitrogens with one attached hydrogen (secondary N) is 2. The zero-order valence-corrected chi connectivity index (χ0v) is 19.1. The molecule has 174 valence electrons. The standard InChI is InChI=1S/C19H25N5O7S/c1-11-12(2)31-19(4,30-11)10-29-14-8-6-7-9-15(14)32(26,27)24-17(25)22-16-20-13(3)21-18(23-16)28-5/h6-9,11-12H,10H2,1-5H3,(H2,20,21,22,23,24,25). The summed E-state index contributed by atoms with van der Waals surface area (Å²) in [4.78, 5) is 23.7. The quantitative estimate of drug-likeness (QED) is 0.614. The number of aryl methyl sites for hydroxylation is 1. The van der Waals surface area contributed by atoms with E-state index in [1.807, 2.05) is 18.6 Å². The fourth-order valence-electron chi connectivity index (χ4n) is 2.98. The molecule has 2 atom stereocenters. The van der Waals surface area contributed by atoms with E-state index in [-0.39, 0.29) is 47.2 Å². The molecule has 2 aromatic rings. The van der Waals surface area contributed by atoms with Crippen LogP contribution in [0.2, 0.25) is 0 Å². The number of amides is 2. The maximum Gasteiger partial charge on any atom is 0.335 e. The van der Waals surface area contributed by atoms with Gasteiger partial charge in [0.05, 0.1) is 19.3 Å². The molecule has 0 aliphatic carbocycles. The van der Waals surface area contributed by atoms with Gasteiger partial charge in [0.15, 0.2) is 0 Å². The van der Waals surface area contributed by atoms with Crippen molar-refractivity contribution in [1.82, 2.24) is 19.7 Å². The lowest BCUT2D eigenvalue weighted by Crippen LogP contribution is -2.36. The Morgan fingerprint density at radius 3 is 2.47 bits per heavy atom. The largest absolute Gasteiger partial charge is 0.487 e. The molecule has 1 aromatic heterocycles. The second-order valence-corrected chi connectivity index (χ2v) is 8.92. The van der Waals surface area contributed by atoms with E-state index in [9.17, 15) is 13.2 Å². The summed E-state index contributed by atoms with van der Waals surface area (Å²) in [5, 5.41) is 2.24. The Morgan fingerprint density at radius 1 is 1.16 bits per heavy atom. The molecule has 2 unspecified atom stereocenters. The van der Waals surface area contributed by atoms with Gasteiger partial charge in [-0.05, 0) is 39.8 Å². The molecule has 12 nitrogen and oxygen atoms in total. The molecular weight excluding hydrogens is 442 g/mol. The zero-order chi connectivity index (χ0) is 23.5. The van der Waals surface area contributed by atoms with Crippen molar-refractivity contribution < 1.29 is 32.2 Å². The van der Waals surface area contributed by atoms with Crippen molar-refractivity contribution in [3.8, 4) is 11.8 Å². The van der Waals surface area contributed by atoms with E-state index in [1.54, 1.807) is 19.9 Å². The van der Waals surface area contributed by atoms with Gasteiger partial charge in [0, 0.05) is 0 Å². The van der Waals surface area contributed by atoms with Crippen molar-refractivity contribution in [3.63, 3.8) is 0 Å². The van der Waals surface area contributed by atoms with Crippen LogP contribution < -0.4 is 19.5 Å². The van der Waals surface area contributed by atoms with Gasteiger partial charge >= 0.3 is 12.0 Å². The number of aromatic nitrogens is 3. The lowest BCUT2D eigenvalue weighted by molar-refractivity contribution is -0.178. The van der Waals surface area contributed by atoms with Crippen molar-refractivity contribution in [2.75, 3.05) is 19.0 Å². The summed E-state index contributed by atoms with van der Waals surface area (Å²) in [7, 11) is -2.94. The average Bonchev–Trinajstić information content (AvgIpc) is 2.97. The van der Waals surface area contributed by atoms with E-state index in [1.165, 1.54) is 25.3 Å². The van der Waals surface area contributed by atoms with Crippen molar-refractivity contribution in [2.24, 2.45) is 0 Å². The predicted octanol–water partition coefficient (Wildman–Crippen LogP) is 1.62. The Labute approximate surface area is 185 Å². The zero-order valence-electron chi connectivity index (χ0n) is 18.3. The van der Waals surface area contributed by atoms with Crippen LogP contribution in [0.4, 0.5) is 10.7 Å². The van der Waals surface area contributed by atoms with E-state index in [4.69, 9.17) is 18.9 Å². The van der Waals surface area contributed by atoms with Gasteiger partial charge in [0.2, 0.25) is 11.7 Å². The highest BCUT2D eigenvalue weighted by molar-refractivity contribution is 7.90. The smallest absolute Gasteiger partial charge is 0.335 e. The highest BCUT2D eigenvalue weighted by Crippen LogP contribution is 2.30. The number of carbonyl (C=O) groups excluding carboxylic acids is 1. The van der Waals surface area contributed by atoms with Crippen LogP contribution in [0.25, 0.3) is 0 Å². The van der Waals surface area contributed by atoms with Gasteiger partial charge in [0.25, 0.3) is 10.0 Å². The first-order chi connectivity index (χ1) is 15.0. The molecule has 3 rings (SSSR count). The molecule has 1 aliphatic rings. The minimum Gasteiger partial charge on any atom is -0.487 e. The van der Waals surface area contributed by atoms with Gasteiger partial charge in [-0.15, -0.1) is 0 Å². The summed E-state index contributed by atoms with van der Waals surface area (Å²) in [6, 6.07) is 4.81. The summed E-state index contributed by atoms with van der Waals surface area (Å²) in [5.41, 5.74) is 0. The molecule has 2 N–H and O–H groups in total. The normalized spacial score (nSPS) is 22.9. The third kappa shape index (κ3) is 5.60. The Kier molecular flexibility index (Phi) is 6.81. The van der Waals surface area contributed by atoms with Crippen molar-refractivity contribution in [2.45, 2.75) is 50.6 Å². The van der Waals surface area contributed by atoms with Gasteiger partial charge < -0.3 is 18.9 Å². The molecular formula is C19H25N5O7S. The number of hydrogen-bond donors (Lipinski definition) is 2. The Balaban J connectivity index is 1.72. The fourth-order valence-corrected chi connectivity index (χ4v) is 4.04. The summed E-state index contributed by atoms with van der Waals surface area (Å²) in [5.74, 6) is -0.887. The Morgan fingerprint density at radius 2 is 1.81 bits per heavy atom. The number of nitrogens with zero attached hydrogens (tertiary/aromatic N) is 3. The highest BCUT2D eigenvalue weighted by atomic mass is 32.2. The molecule has 1 aromatic carbocycles. The van der Waals surface area contributed by atoms with Crippen LogP contribution in [0.15, 0.2) is 29.2 Å². The topological polar surface area (TPSA) is 151 Å². The summed E-state index contributed by atoms with van der Waals surface area (Å²) in [6.07, 6.45) is -0.267. The molecule has 13 heteroatoms. The predicted molar refractivity (Wildman–Crippen MR) is 112 cm³/mol. The van der Waals surface area contributed by atoms with E-state index in [2.05, 4.69) is 20.3 Å². The molecule has 2 heterocycles. The minimum absolute atomic E-state index is 0.0251. The lowest BCUT2D eigenvalue weighted by Gasteiger charge is -2.24. The van der Waals surface area contributed by atoms with Crippen LogP contribution in [0.3, 0.4) is 0 Å². The highest BCUT2D eigenvalue weighted by Gasteiger charge is 2.41. The molecule has 2 amide bonds. The van der Waals surface area contributed by atoms with Crippen LogP contribution in [-0.4, -0.2) is 61.1 Å². The van der Waals surface area contributed by atoms with Gasteiger partial charge in [-0.2, -0.15) is 15.0 Å². The molecule has 32 heavy (non-hydrogen) atoms. The van der Waals surface area contributed by atoms with Crippen molar-refractivity contribution >= 4 is 22.0 Å². The van der Waals surface area contributed by atoms with Crippen molar-refractivity contribution in [1.29, 1.82) is 0 Å². The number of methoxy groups -OCH3 is 1. The number of hydrogen-bond acceptors (Lipinski definition) is 10. The number of sulfonamides is 1. The molecule has 0 bridgehead atoms. The lowest BCUT2D eigenvalue weighted by atomic mass is 10.3. The number of benzene rings is 1. The molecule has 1 aliphatic heterocycles. The number of rotatable bonds is 7. The number of anilines is 1. The summed E-state index contributed by atoms with van der Waals surface area (Å²) < 4.78 is 49.7. The van der Waals surface area contributed by atoms with E-state index in [0.29, 0.717) is 0 Å². The summed E-state index contributed by atoms with van der Waals surface area (Å²) >= 11 is 0. The number of ether oxygens (including phenoxy) is 4. The Bertz CT molecular complexity index is 1090. The number of para-hydroxylation sites is 1. The first-order valence-electron chi connectivity index (χ1n) is 9.69. The van der Waals surface area contributed by atoms with E-state index >= 15 is 0 Å². The van der Waals surface area contributed by atoms with Crippen molar-refractivity contribution in [3.05, 3.63) is 30.1 Å². The Hall–Kier alpha value is -3.03. The van der Waals surface area contributed by atoms with Crippen LogP contribution in [-0.2, 0) is 19.5 Å². The molecule has 1 saturated heterocycles. The van der Waals surface area contributed by atoms with Crippen LogP contribution in [0, 0.1) is 6.92 Å². The maximum absolute atomic E-state index is 12.8. The third-order valence-corrected chi connectivity index (χ3v) is 5.89.